The summed E-state index contributed by atoms with van der Waals surface area (Å²) < 4.78 is 9.28. The smallest absolute Gasteiger partial charge is 0.332 e. The van der Waals surface area contributed by atoms with Gasteiger partial charge >= 0.3 is 11.9 Å². The lowest BCUT2D eigenvalue weighted by Gasteiger charge is -2.13. The van der Waals surface area contributed by atoms with Gasteiger partial charge < -0.3 is 25.8 Å². The van der Waals surface area contributed by atoms with Gasteiger partial charge in [-0.15, -0.1) is 0 Å². The molecule has 0 saturated heterocycles. The summed E-state index contributed by atoms with van der Waals surface area (Å²) in [6.45, 7) is 1.62. The Balaban J connectivity index is 4.55. The van der Waals surface area contributed by atoms with Gasteiger partial charge in [-0.3, -0.25) is 14.4 Å². The molecule has 0 aliphatic carbocycles. The van der Waals surface area contributed by atoms with Gasteiger partial charge in [-0.05, 0) is 13.3 Å². The molecule has 0 aromatic heterocycles. The standard InChI is InChI=1S/C13H21N3O6/c1-3-22-12(19)9(14)5-4-6-10(13(20)21-2)16-11(18)7-15-8-17/h4,6,8-10H,3,5,7,14H2,1-2H3,(H,15,17)(H,16,18)/b6-4+. The predicted molar refractivity (Wildman–Crippen MR) is 76.4 cm³/mol. The van der Waals surface area contributed by atoms with Crippen LogP contribution in [0.4, 0.5) is 0 Å². The maximum absolute atomic E-state index is 11.5. The van der Waals surface area contributed by atoms with Crippen molar-refractivity contribution >= 4 is 24.3 Å². The number of ether oxygens (including phenoxy) is 2. The van der Waals surface area contributed by atoms with Crippen LogP contribution >= 0.6 is 0 Å². The van der Waals surface area contributed by atoms with Crippen molar-refractivity contribution in [3.63, 3.8) is 0 Å². The van der Waals surface area contributed by atoms with E-state index in [4.69, 9.17) is 10.5 Å². The Labute approximate surface area is 128 Å². The number of hydrogen-bond donors (Lipinski definition) is 3. The largest absolute Gasteiger partial charge is 0.467 e. The molecule has 2 atom stereocenters. The molecule has 0 bridgehead atoms. The van der Waals surface area contributed by atoms with Crippen LogP contribution < -0.4 is 16.4 Å². The molecule has 0 aromatic carbocycles. The Kier molecular flexibility index (Phi) is 10.0. The second-order valence-corrected chi connectivity index (χ2v) is 4.09. The number of rotatable bonds is 10. The first-order chi connectivity index (χ1) is 10.5. The van der Waals surface area contributed by atoms with E-state index in [-0.39, 0.29) is 19.6 Å². The first kappa shape index (κ1) is 19.6. The summed E-state index contributed by atoms with van der Waals surface area (Å²) >= 11 is 0. The number of carbonyl (C=O) groups excluding carboxylic acids is 4. The molecule has 0 rings (SSSR count). The number of amides is 2. The van der Waals surface area contributed by atoms with Crippen molar-refractivity contribution in [3.8, 4) is 0 Å². The minimum atomic E-state index is -1.04. The predicted octanol–water partition coefficient (Wildman–Crippen LogP) is -1.77. The van der Waals surface area contributed by atoms with Gasteiger partial charge in [0.1, 0.15) is 12.1 Å². The van der Waals surface area contributed by atoms with Gasteiger partial charge in [0.25, 0.3) is 0 Å². The van der Waals surface area contributed by atoms with E-state index in [2.05, 4.69) is 15.4 Å². The lowest BCUT2D eigenvalue weighted by molar-refractivity contribution is -0.144. The van der Waals surface area contributed by atoms with Gasteiger partial charge in [0, 0.05) is 0 Å². The fourth-order valence-corrected chi connectivity index (χ4v) is 1.38. The number of nitrogens with two attached hydrogens (primary N) is 1. The molecule has 0 aliphatic rings. The van der Waals surface area contributed by atoms with Crippen molar-refractivity contribution < 1.29 is 28.7 Å². The molecule has 0 heterocycles. The van der Waals surface area contributed by atoms with Crippen molar-refractivity contribution in [2.45, 2.75) is 25.4 Å². The van der Waals surface area contributed by atoms with E-state index in [1.54, 1.807) is 6.92 Å². The lowest BCUT2D eigenvalue weighted by atomic mass is 10.1. The molecule has 0 aliphatic heterocycles. The van der Waals surface area contributed by atoms with Crippen LogP contribution in [0.15, 0.2) is 12.2 Å². The first-order valence-corrected chi connectivity index (χ1v) is 6.59. The second kappa shape index (κ2) is 11.3. The number of nitrogens with one attached hydrogen (secondary N) is 2. The zero-order valence-corrected chi connectivity index (χ0v) is 12.5. The molecular weight excluding hydrogens is 294 g/mol. The van der Waals surface area contributed by atoms with Gasteiger partial charge in [0.2, 0.25) is 12.3 Å². The fourth-order valence-electron chi connectivity index (χ4n) is 1.38. The number of carbonyl (C=O) groups is 4. The van der Waals surface area contributed by atoms with Crippen LogP contribution in [0.25, 0.3) is 0 Å². The van der Waals surface area contributed by atoms with E-state index < -0.39 is 29.9 Å². The number of esters is 2. The summed E-state index contributed by atoms with van der Waals surface area (Å²) in [5, 5.41) is 4.52. The fraction of sp³-hybridized carbons (Fsp3) is 0.538. The molecule has 2 amide bonds. The highest BCUT2D eigenvalue weighted by Gasteiger charge is 2.19. The highest BCUT2D eigenvalue weighted by atomic mass is 16.5. The molecule has 0 aromatic rings. The van der Waals surface area contributed by atoms with Crippen LogP contribution in [0, 0.1) is 0 Å². The second-order valence-electron chi connectivity index (χ2n) is 4.09. The zero-order valence-electron chi connectivity index (χ0n) is 12.5. The molecule has 4 N–H and O–H groups in total. The third-order valence-corrected chi connectivity index (χ3v) is 2.43. The van der Waals surface area contributed by atoms with E-state index in [1.165, 1.54) is 19.3 Å². The Bertz CT molecular complexity index is 424. The normalized spacial score (nSPS) is 13.0. The molecule has 0 radical (unpaired) electrons. The van der Waals surface area contributed by atoms with Crippen LogP contribution in [0.1, 0.15) is 13.3 Å². The molecule has 22 heavy (non-hydrogen) atoms. The first-order valence-electron chi connectivity index (χ1n) is 6.59. The third-order valence-electron chi connectivity index (χ3n) is 2.43. The average molecular weight is 315 g/mol. The monoisotopic (exact) mass is 315 g/mol. The zero-order chi connectivity index (χ0) is 17.0. The van der Waals surface area contributed by atoms with Gasteiger partial charge in [0.15, 0.2) is 0 Å². The quantitative estimate of drug-likeness (QED) is 0.246. The van der Waals surface area contributed by atoms with Crippen LogP contribution in [-0.4, -0.2) is 56.6 Å². The maximum Gasteiger partial charge on any atom is 0.332 e. The van der Waals surface area contributed by atoms with Crippen molar-refractivity contribution in [1.82, 2.24) is 10.6 Å². The number of hydrogen-bond acceptors (Lipinski definition) is 7. The topological polar surface area (TPSA) is 137 Å². The van der Waals surface area contributed by atoms with E-state index in [9.17, 15) is 19.2 Å². The van der Waals surface area contributed by atoms with E-state index in [0.717, 1.165) is 0 Å². The van der Waals surface area contributed by atoms with Crippen molar-refractivity contribution in [2.75, 3.05) is 20.3 Å². The minimum absolute atomic E-state index is 0.134. The van der Waals surface area contributed by atoms with Crippen molar-refractivity contribution in [2.24, 2.45) is 5.73 Å². The maximum atomic E-state index is 11.5. The van der Waals surface area contributed by atoms with E-state index in [1.807, 2.05) is 0 Å². The molecule has 0 spiro atoms. The minimum Gasteiger partial charge on any atom is -0.467 e. The van der Waals surface area contributed by atoms with Crippen LogP contribution in [0.3, 0.4) is 0 Å². The van der Waals surface area contributed by atoms with Crippen LogP contribution in [-0.2, 0) is 28.7 Å². The average Bonchev–Trinajstić information content (AvgIpc) is 2.51. The highest BCUT2D eigenvalue weighted by Crippen LogP contribution is 1.98. The van der Waals surface area contributed by atoms with E-state index in [0.29, 0.717) is 6.41 Å². The third kappa shape index (κ3) is 8.00. The summed E-state index contributed by atoms with van der Waals surface area (Å²) in [4.78, 5) is 44.4. The molecule has 0 fully saturated rings. The Morgan fingerprint density at radius 3 is 2.50 bits per heavy atom. The number of methoxy groups -OCH3 is 1. The van der Waals surface area contributed by atoms with Gasteiger partial charge in [-0.1, -0.05) is 12.2 Å². The van der Waals surface area contributed by atoms with Gasteiger partial charge in [0.05, 0.1) is 20.3 Å². The molecule has 9 heteroatoms. The summed E-state index contributed by atoms with van der Waals surface area (Å²) in [6, 6.07) is -1.90. The van der Waals surface area contributed by atoms with Crippen molar-refractivity contribution in [3.05, 3.63) is 12.2 Å². The Morgan fingerprint density at radius 2 is 1.95 bits per heavy atom. The van der Waals surface area contributed by atoms with E-state index >= 15 is 0 Å². The Hall–Kier alpha value is -2.42. The van der Waals surface area contributed by atoms with Gasteiger partial charge in [-0.25, -0.2) is 4.79 Å². The Morgan fingerprint density at radius 1 is 1.27 bits per heavy atom. The molecule has 124 valence electrons. The SMILES string of the molecule is CCOC(=O)C(N)C/C=C/C(NC(=O)CNC=O)C(=O)OC. The van der Waals surface area contributed by atoms with Crippen LogP contribution in [0.2, 0.25) is 0 Å². The molecular formula is C13H21N3O6. The summed E-state index contributed by atoms with van der Waals surface area (Å²) in [5.41, 5.74) is 5.59. The lowest BCUT2D eigenvalue weighted by Crippen LogP contribution is -2.44. The highest BCUT2D eigenvalue weighted by molar-refractivity contribution is 5.87. The van der Waals surface area contributed by atoms with Crippen molar-refractivity contribution in [1.29, 1.82) is 0 Å². The summed E-state index contributed by atoms with van der Waals surface area (Å²) in [7, 11) is 1.17. The summed E-state index contributed by atoms with van der Waals surface area (Å²) in [5.74, 6) is -1.82. The molecule has 2 unspecified atom stereocenters. The van der Waals surface area contributed by atoms with Crippen LogP contribution in [0.5, 0.6) is 0 Å². The van der Waals surface area contributed by atoms with Gasteiger partial charge in [-0.2, -0.15) is 0 Å². The molecule has 0 saturated carbocycles. The summed E-state index contributed by atoms with van der Waals surface area (Å²) in [6.07, 6.45) is 3.32. The molecule has 9 nitrogen and oxygen atoms in total.